The second-order valence-corrected chi connectivity index (χ2v) is 5.89. The summed E-state index contributed by atoms with van der Waals surface area (Å²) < 4.78 is 0. The molecule has 0 unspecified atom stereocenters. The Labute approximate surface area is 141 Å². The molecular formula is C20H20N2O2. The van der Waals surface area contributed by atoms with E-state index in [4.69, 9.17) is 0 Å². The lowest BCUT2D eigenvalue weighted by atomic mass is 9.98. The highest BCUT2D eigenvalue weighted by molar-refractivity contribution is 6.02. The molecule has 0 saturated heterocycles. The number of pyridine rings is 1. The molecular weight excluding hydrogens is 300 g/mol. The van der Waals surface area contributed by atoms with Gasteiger partial charge in [-0.15, -0.1) is 0 Å². The van der Waals surface area contributed by atoms with Crippen LogP contribution >= 0.6 is 0 Å². The molecule has 2 N–H and O–H groups in total. The van der Waals surface area contributed by atoms with Crippen molar-refractivity contribution in [2.75, 3.05) is 6.54 Å². The third-order valence-electron chi connectivity index (χ3n) is 4.22. The molecule has 2 aromatic carbocycles. The molecule has 1 atom stereocenters. The SMILES string of the molecule is C[C@@H](CCNC(=O)c1ccc2cccnc2c1O)c1ccccc1. The van der Waals surface area contributed by atoms with Gasteiger partial charge in [0.1, 0.15) is 5.52 Å². The Morgan fingerprint density at radius 2 is 1.92 bits per heavy atom. The van der Waals surface area contributed by atoms with Crippen molar-refractivity contribution >= 4 is 16.8 Å². The summed E-state index contributed by atoms with van der Waals surface area (Å²) in [5, 5.41) is 14.0. The van der Waals surface area contributed by atoms with Crippen LogP contribution in [0.15, 0.2) is 60.8 Å². The predicted molar refractivity (Wildman–Crippen MR) is 95.2 cm³/mol. The maximum absolute atomic E-state index is 12.3. The molecule has 0 aliphatic heterocycles. The van der Waals surface area contributed by atoms with Crippen LogP contribution in [0.5, 0.6) is 5.75 Å². The van der Waals surface area contributed by atoms with E-state index in [9.17, 15) is 9.90 Å². The number of phenolic OH excluding ortho intramolecular Hbond substituents is 1. The molecule has 0 aliphatic carbocycles. The van der Waals surface area contributed by atoms with Crippen LogP contribution in [0.25, 0.3) is 10.9 Å². The van der Waals surface area contributed by atoms with Gasteiger partial charge in [0.05, 0.1) is 5.56 Å². The van der Waals surface area contributed by atoms with E-state index in [1.807, 2.05) is 24.3 Å². The van der Waals surface area contributed by atoms with E-state index in [1.165, 1.54) is 5.56 Å². The highest BCUT2D eigenvalue weighted by Crippen LogP contribution is 2.26. The Kier molecular flexibility index (Phi) is 4.75. The van der Waals surface area contributed by atoms with Gasteiger partial charge in [-0.2, -0.15) is 0 Å². The molecule has 4 nitrogen and oxygen atoms in total. The fourth-order valence-electron chi connectivity index (χ4n) is 2.76. The lowest BCUT2D eigenvalue weighted by Gasteiger charge is -2.13. The van der Waals surface area contributed by atoms with Crippen LogP contribution in [0.3, 0.4) is 0 Å². The minimum absolute atomic E-state index is 0.0679. The summed E-state index contributed by atoms with van der Waals surface area (Å²) in [5.74, 6) is 0.0142. The summed E-state index contributed by atoms with van der Waals surface area (Å²) in [6, 6.07) is 17.3. The van der Waals surface area contributed by atoms with Gasteiger partial charge in [-0.1, -0.05) is 49.4 Å². The highest BCUT2D eigenvalue weighted by Gasteiger charge is 2.14. The predicted octanol–water partition coefficient (Wildman–Crippen LogP) is 3.86. The topological polar surface area (TPSA) is 62.2 Å². The number of benzene rings is 2. The third kappa shape index (κ3) is 3.38. The quantitative estimate of drug-likeness (QED) is 0.750. The van der Waals surface area contributed by atoms with Gasteiger partial charge >= 0.3 is 0 Å². The lowest BCUT2D eigenvalue weighted by Crippen LogP contribution is -2.25. The smallest absolute Gasteiger partial charge is 0.255 e. The number of carbonyl (C=O) groups is 1. The Morgan fingerprint density at radius 3 is 2.71 bits per heavy atom. The fraction of sp³-hybridized carbons (Fsp3) is 0.200. The van der Waals surface area contributed by atoms with Gasteiger partial charge in [0.25, 0.3) is 5.91 Å². The Hall–Kier alpha value is -2.88. The molecule has 1 aromatic heterocycles. The van der Waals surface area contributed by atoms with Crippen LogP contribution < -0.4 is 5.32 Å². The van der Waals surface area contributed by atoms with E-state index in [-0.39, 0.29) is 17.2 Å². The first-order valence-electron chi connectivity index (χ1n) is 8.06. The number of aromatic hydroxyl groups is 1. The van der Waals surface area contributed by atoms with Crippen LogP contribution in [-0.2, 0) is 0 Å². The minimum atomic E-state index is -0.277. The Morgan fingerprint density at radius 1 is 1.12 bits per heavy atom. The summed E-state index contributed by atoms with van der Waals surface area (Å²) in [4.78, 5) is 16.5. The van der Waals surface area contributed by atoms with Crippen LogP contribution in [0, 0.1) is 0 Å². The van der Waals surface area contributed by atoms with Crippen LogP contribution in [0.2, 0.25) is 0 Å². The zero-order valence-electron chi connectivity index (χ0n) is 13.6. The summed E-state index contributed by atoms with van der Waals surface area (Å²) in [6.45, 7) is 2.69. The number of hydrogen-bond donors (Lipinski definition) is 2. The van der Waals surface area contributed by atoms with Crippen LogP contribution in [-0.4, -0.2) is 22.5 Å². The molecule has 0 radical (unpaired) electrons. The fourth-order valence-corrected chi connectivity index (χ4v) is 2.76. The number of carbonyl (C=O) groups excluding carboxylic acids is 1. The normalized spacial score (nSPS) is 12.0. The van der Waals surface area contributed by atoms with Gasteiger partial charge in [0.2, 0.25) is 0 Å². The number of phenols is 1. The number of nitrogens with zero attached hydrogens (tertiary/aromatic N) is 1. The second kappa shape index (κ2) is 7.13. The molecule has 1 amide bonds. The standard InChI is InChI=1S/C20H20N2O2/c1-14(15-6-3-2-4-7-15)11-13-22-20(24)17-10-9-16-8-5-12-21-18(16)19(17)23/h2-10,12,14,23H,11,13H2,1H3,(H,22,24)/t14-/m0/s1. The molecule has 4 heteroatoms. The molecule has 3 aromatic rings. The van der Waals surface area contributed by atoms with Gasteiger partial charge in [-0.3, -0.25) is 9.78 Å². The van der Waals surface area contributed by atoms with E-state index in [0.717, 1.165) is 11.8 Å². The van der Waals surface area contributed by atoms with E-state index in [1.54, 1.807) is 24.4 Å². The van der Waals surface area contributed by atoms with E-state index >= 15 is 0 Å². The minimum Gasteiger partial charge on any atom is -0.505 e. The first-order chi connectivity index (χ1) is 11.7. The number of aromatic nitrogens is 1. The van der Waals surface area contributed by atoms with Crippen LogP contribution in [0.4, 0.5) is 0 Å². The summed E-state index contributed by atoms with van der Waals surface area (Å²) >= 11 is 0. The average Bonchev–Trinajstić information content (AvgIpc) is 2.62. The average molecular weight is 320 g/mol. The Balaban J connectivity index is 1.64. The maximum atomic E-state index is 12.3. The number of nitrogens with one attached hydrogen (secondary N) is 1. The van der Waals surface area contributed by atoms with Gasteiger partial charge in [-0.05, 0) is 30.0 Å². The number of hydrogen-bond acceptors (Lipinski definition) is 3. The van der Waals surface area contributed by atoms with E-state index in [0.29, 0.717) is 18.0 Å². The molecule has 24 heavy (non-hydrogen) atoms. The van der Waals surface area contributed by atoms with Crippen molar-refractivity contribution in [3.8, 4) is 5.75 Å². The molecule has 3 rings (SSSR count). The van der Waals surface area contributed by atoms with Gasteiger partial charge < -0.3 is 10.4 Å². The van der Waals surface area contributed by atoms with Crippen molar-refractivity contribution in [3.63, 3.8) is 0 Å². The monoisotopic (exact) mass is 320 g/mol. The molecule has 0 spiro atoms. The summed E-state index contributed by atoms with van der Waals surface area (Å²) in [7, 11) is 0. The van der Waals surface area contributed by atoms with Crippen molar-refractivity contribution in [1.29, 1.82) is 0 Å². The molecule has 1 heterocycles. The highest BCUT2D eigenvalue weighted by atomic mass is 16.3. The molecule has 122 valence electrons. The molecule has 0 saturated carbocycles. The number of amides is 1. The van der Waals surface area contributed by atoms with Gasteiger partial charge in [0.15, 0.2) is 5.75 Å². The van der Waals surface area contributed by atoms with Gasteiger partial charge in [-0.25, -0.2) is 0 Å². The second-order valence-electron chi connectivity index (χ2n) is 5.89. The lowest BCUT2D eigenvalue weighted by molar-refractivity contribution is 0.0950. The number of fused-ring (bicyclic) bond motifs is 1. The molecule has 0 aliphatic rings. The first-order valence-corrected chi connectivity index (χ1v) is 8.06. The summed E-state index contributed by atoms with van der Waals surface area (Å²) in [6.07, 6.45) is 2.44. The third-order valence-corrected chi connectivity index (χ3v) is 4.22. The Bertz CT molecular complexity index is 847. The molecule has 0 bridgehead atoms. The maximum Gasteiger partial charge on any atom is 0.255 e. The molecule has 0 fully saturated rings. The number of rotatable bonds is 5. The first kappa shape index (κ1) is 16.0. The van der Waals surface area contributed by atoms with Crippen molar-refractivity contribution in [1.82, 2.24) is 10.3 Å². The van der Waals surface area contributed by atoms with Crippen molar-refractivity contribution in [2.45, 2.75) is 19.3 Å². The summed E-state index contributed by atoms with van der Waals surface area (Å²) in [5.41, 5.74) is 1.96. The van der Waals surface area contributed by atoms with Crippen molar-refractivity contribution < 1.29 is 9.90 Å². The van der Waals surface area contributed by atoms with E-state index < -0.39 is 0 Å². The van der Waals surface area contributed by atoms with Crippen molar-refractivity contribution in [2.24, 2.45) is 0 Å². The zero-order valence-corrected chi connectivity index (χ0v) is 13.6. The largest absolute Gasteiger partial charge is 0.505 e. The van der Waals surface area contributed by atoms with E-state index in [2.05, 4.69) is 29.4 Å². The van der Waals surface area contributed by atoms with Gasteiger partial charge in [0, 0.05) is 18.1 Å². The van der Waals surface area contributed by atoms with Crippen LogP contribution in [0.1, 0.15) is 35.2 Å². The zero-order chi connectivity index (χ0) is 16.9. The van der Waals surface area contributed by atoms with Crippen molar-refractivity contribution in [3.05, 3.63) is 71.9 Å².